The monoisotopic (exact) mass is 451 g/mol. The number of sulfonamides is 1. The Labute approximate surface area is 180 Å². The molecule has 0 bridgehead atoms. The van der Waals surface area contributed by atoms with Crippen LogP contribution in [0.1, 0.15) is 28.8 Å². The van der Waals surface area contributed by atoms with Crippen molar-refractivity contribution in [3.63, 3.8) is 0 Å². The van der Waals surface area contributed by atoms with Crippen LogP contribution in [0, 0.1) is 12.8 Å². The standard InChI is InChI=1S/C20H22ClN3O5S/c1-13-11-15(20(26)29-2)3-5-17(13)30(27,28)24-9-7-14(8-10-24)19(25)23-18-6-4-16(21)12-22-18/h3-6,11-12,14H,7-10H2,1-2H3,(H,22,23,25). The second kappa shape index (κ2) is 9.11. The van der Waals surface area contributed by atoms with Gasteiger partial charge in [-0.15, -0.1) is 0 Å². The Balaban J connectivity index is 1.65. The Hall–Kier alpha value is -2.49. The lowest BCUT2D eigenvalue weighted by Gasteiger charge is -2.30. The number of amides is 1. The first-order valence-electron chi connectivity index (χ1n) is 9.34. The Kier molecular flexibility index (Phi) is 6.74. The minimum atomic E-state index is -3.73. The molecule has 3 rings (SSSR count). The van der Waals surface area contributed by atoms with Gasteiger partial charge in [0.1, 0.15) is 5.82 Å². The Morgan fingerprint density at radius 3 is 2.47 bits per heavy atom. The van der Waals surface area contributed by atoms with E-state index in [-0.39, 0.29) is 29.8 Å². The maximum atomic E-state index is 13.0. The van der Waals surface area contributed by atoms with Crippen LogP contribution in [-0.4, -0.2) is 49.8 Å². The number of nitrogens with one attached hydrogen (secondary N) is 1. The van der Waals surface area contributed by atoms with Crippen molar-refractivity contribution in [3.8, 4) is 0 Å². The van der Waals surface area contributed by atoms with Gasteiger partial charge in [0.05, 0.1) is 22.6 Å². The number of rotatable bonds is 5. The SMILES string of the molecule is COC(=O)c1ccc(S(=O)(=O)N2CCC(C(=O)Nc3ccc(Cl)cn3)CC2)c(C)c1. The van der Waals surface area contributed by atoms with Gasteiger partial charge in [-0.3, -0.25) is 4.79 Å². The van der Waals surface area contributed by atoms with Gasteiger partial charge < -0.3 is 10.1 Å². The summed E-state index contributed by atoms with van der Waals surface area (Å²) < 4.78 is 32.1. The van der Waals surface area contributed by atoms with Crippen molar-refractivity contribution in [1.82, 2.24) is 9.29 Å². The Morgan fingerprint density at radius 1 is 1.20 bits per heavy atom. The summed E-state index contributed by atoms with van der Waals surface area (Å²) in [5, 5.41) is 3.21. The lowest BCUT2D eigenvalue weighted by Crippen LogP contribution is -2.41. The van der Waals surface area contributed by atoms with E-state index in [9.17, 15) is 18.0 Å². The molecular formula is C20H22ClN3O5S. The van der Waals surface area contributed by atoms with E-state index in [1.54, 1.807) is 19.1 Å². The summed E-state index contributed by atoms with van der Waals surface area (Å²) in [6.45, 7) is 2.10. The van der Waals surface area contributed by atoms with Crippen LogP contribution >= 0.6 is 11.6 Å². The van der Waals surface area contributed by atoms with E-state index in [4.69, 9.17) is 11.6 Å². The fourth-order valence-electron chi connectivity index (χ4n) is 3.36. The molecule has 8 nitrogen and oxygen atoms in total. The molecule has 1 fully saturated rings. The van der Waals surface area contributed by atoms with Gasteiger partial charge >= 0.3 is 5.97 Å². The van der Waals surface area contributed by atoms with Crippen molar-refractivity contribution in [1.29, 1.82) is 0 Å². The number of halogens is 1. The first kappa shape index (κ1) is 22.2. The number of esters is 1. The van der Waals surface area contributed by atoms with Gasteiger partial charge in [0.2, 0.25) is 15.9 Å². The number of aromatic nitrogens is 1. The molecule has 0 saturated carbocycles. The number of carbonyl (C=O) groups excluding carboxylic acids is 2. The first-order valence-corrected chi connectivity index (χ1v) is 11.2. The van der Waals surface area contributed by atoms with E-state index < -0.39 is 16.0 Å². The summed E-state index contributed by atoms with van der Waals surface area (Å²) in [6, 6.07) is 7.60. The van der Waals surface area contributed by atoms with E-state index in [2.05, 4.69) is 15.0 Å². The highest BCUT2D eigenvalue weighted by Gasteiger charge is 2.33. The van der Waals surface area contributed by atoms with Crippen LogP contribution < -0.4 is 5.32 Å². The molecule has 0 atom stereocenters. The molecule has 160 valence electrons. The number of piperidine rings is 1. The van der Waals surface area contributed by atoms with Crippen LogP contribution in [0.4, 0.5) is 5.82 Å². The molecule has 1 aliphatic rings. The molecule has 1 aromatic carbocycles. The highest BCUT2D eigenvalue weighted by atomic mass is 35.5. The van der Waals surface area contributed by atoms with Crippen LogP contribution in [0.15, 0.2) is 41.4 Å². The maximum absolute atomic E-state index is 13.0. The minimum Gasteiger partial charge on any atom is -0.465 e. The summed E-state index contributed by atoms with van der Waals surface area (Å²) in [4.78, 5) is 28.3. The average Bonchev–Trinajstić information content (AvgIpc) is 2.74. The van der Waals surface area contributed by atoms with E-state index >= 15 is 0 Å². The average molecular weight is 452 g/mol. The maximum Gasteiger partial charge on any atom is 0.337 e. The number of anilines is 1. The molecule has 10 heteroatoms. The van der Waals surface area contributed by atoms with Gasteiger partial charge in [-0.1, -0.05) is 11.6 Å². The molecular weight excluding hydrogens is 430 g/mol. The smallest absolute Gasteiger partial charge is 0.337 e. The van der Waals surface area contributed by atoms with E-state index in [1.807, 2.05) is 0 Å². The number of benzene rings is 1. The van der Waals surface area contributed by atoms with E-state index in [0.29, 0.717) is 34.8 Å². The van der Waals surface area contributed by atoms with Gasteiger partial charge in [-0.05, 0) is 55.7 Å². The normalized spacial score (nSPS) is 15.6. The summed E-state index contributed by atoms with van der Waals surface area (Å²) >= 11 is 5.79. The molecule has 1 aromatic heterocycles. The number of methoxy groups -OCH3 is 1. The zero-order chi connectivity index (χ0) is 21.9. The summed E-state index contributed by atoms with van der Waals surface area (Å²) in [6.07, 6.45) is 2.25. The van der Waals surface area contributed by atoms with Crippen molar-refractivity contribution < 1.29 is 22.7 Å². The molecule has 1 amide bonds. The fourth-order valence-corrected chi connectivity index (χ4v) is 5.15. The topological polar surface area (TPSA) is 106 Å². The van der Waals surface area contributed by atoms with E-state index in [0.717, 1.165) is 0 Å². The molecule has 30 heavy (non-hydrogen) atoms. The highest BCUT2D eigenvalue weighted by Crippen LogP contribution is 2.27. The third-order valence-corrected chi connectivity index (χ3v) is 7.30. The summed E-state index contributed by atoms with van der Waals surface area (Å²) in [5.74, 6) is -0.623. The van der Waals surface area contributed by atoms with Crippen molar-refractivity contribution in [2.24, 2.45) is 5.92 Å². The summed E-state index contributed by atoms with van der Waals surface area (Å²) in [5.41, 5.74) is 0.756. The van der Waals surface area contributed by atoms with Gasteiger partial charge in [0.15, 0.2) is 0 Å². The van der Waals surface area contributed by atoms with E-state index in [1.165, 1.54) is 35.8 Å². The zero-order valence-corrected chi connectivity index (χ0v) is 18.2. The number of pyridine rings is 1. The molecule has 2 heterocycles. The quantitative estimate of drug-likeness (QED) is 0.700. The largest absolute Gasteiger partial charge is 0.465 e. The van der Waals surface area contributed by atoms with Crippen LogP contribution in [0.2, 0.25) is 5.02 Å². The lowest BCUT2D eigenvalue weighted by molar-refractivity contribution is -0.120. The van der Waals surface area contributed by atoms with Crippen LogP contribution in [0.25, 0.3) is 0 Å². The third kappa shape index (κ3) is 4.80. The molecule has 0 aliphatic carbocycles. The van der Waals surface area contributed by atoms with Gasteiger partial charge in [-0.2, -0.15) is 4.31 Å². The number of hydrogen-bond donors (Lipinski definition) is 1. The number of hydrogen-bond acceptors (Lipinski definition) is 6. The Bertz CT molecular complexity index is 1050. The summed E-state index contributed by atoms with van der Waals surface area (Å²) in [7, 11) is -2.46. The van der Waals surface area contributed by atoms with Crippen LogP contribution in [0.5, 0.6) is 0 Å². The minimum absolute atomic E-state index is 0.142. The van der Waals surface area contributed by atoms with Crippen molar-refractivity contribution in [2.45, 2.75) is 24.7 Å². The fraction of sp³-hybridized carbons (Fsp3) is 0.350. The molecule has 0 spiro atoms. The van der Waals surface area contributed by atoms with Crippen molar-refractivity contribution >= 4 is 39.3 Å². The number of nitrogens with zero attached hydrogens (tertiary/aromatic N) is 2. The number of carbonyl (C=O) groups is 2. The third-order valence-electron chi connectivity index (χ3n) is 5.02. The van der Waals surface area contributed by atoms with Crippen LogP contribution in [0.3, 0.4) is 0 Å². The molecule has 0 unspecified atom stereocenters. The van der Waals surface area contributed by atoms with Gasteiger partial charge in [-0.25, -0.2) is 18.2 Å². The molecule has 1 N–H and O–H groups in total. The number of ether oxygens (including phenoxy) is 1. The number of aryl methyl sites for hydroxylation is 1. The first-order chi connectivity index (χ1) is 14.2. The molecule has 2 aromatic rings. The predicted molar refractivity (Wildman–Crippen MR) is 112 cm³/mol. The second-order valence-electron chi connectivity index (χ2n) is 7.00. The second-order valence-corrected chi connectivity index (χ2v) is 9.34. The van der Waals surface area contributed by atoms with Gasteiger partial charge in [0, 0.05) is 25.2 Å². The predicted octanol–water partition coefficient (Wildman–Crippen LogP) is 2.87. The van der Waals surface area contributed by atoms with Crippen molar-refractivity contribution in [2.75, 3.05) is 25.5 Å². The van der Waals surface area contributed by atoms with Crippen molar-refractivity contribution in [3.05, 3.63) is 52.7 Å². The zero-order valence-electron chi connectivity index (χ0n) is 16.6. The lowest BCUT2D eigenvalue weighted by atomic mass is 9.97. The van der Waals surface area contributed by atoms with Gasteiger partial charge in [0.25, 0.3) is 0 Å². The highest BCUT2D eigenvalue weighted by molar-refractivity contribution is 7.89. The van der Waals surface area contributed by atoms with Crippen LogP contribution in [-0.2, 0) is 19.6 Å². The Morgan fingerprint density at radius 2 is 1.90 bits per heavy atom. The molecule has 1 aliphatic heterocycles. The molecule has 1 saturated heterocycles. The molecule has 0 radical (unpaired) electrons.